The summed E-state index contributed by atoms with van der Waals surface area (Å²) in [5.41, 5.74) is 2.63. The summed E-state index contributed by atoms with van der Waals surface area (Å²) in [5.74, 6) is 0.618. The monoisotopic (exact) mass is 152 g/mol. The number of rotatable bonds is 5. The van der Waals surface area contributed by atoms with E-state index in [1.54, 1.807) is 0 Å². The molecule has 0 radical (unpaired) electrons. The van der Waals surface area contributed by atoms with Gasteiger partial charge in [0.2, 0.25) is 0 Å². The Bertz CT molecular complexity index is 142. The zero-order chi connectivity index (χ0) is 8.85. The Hall–Kier alpha value is -0.520. The Morgan fingerprint density at radius 2 is 1.91 bits per heavy atom. The fourth-order valence-corrected chi connectivity index (χ4v) is 1.23. The van der Waals surface area contributed by atoms with Crippen LogP contribution in [0.25, 0.3) is 0 Å². The molecule has 64 valence electrons. The lowest BCUT2D eigenvalue weighted by molar-refractivity contribution is 0.636. The van der Waals surface area contributed by atoms with E-state index in [9.17, 15) is 0 Å². The fraction of sp³-hybridized carbons (Fsp3) is 0.636. The lowest BCUT2D eigenvalue weighted by Gasteiger charge is -2.13. The lowest BCUT2D eigenvalue weighted by atomic mass is 9.93. The predicted octanol–water partition coefficient (Wildman–Crippen LogP) is 3.95. The number of hydrogen-bond donors (Lipinski definition) is 0. The first-order valence-electron chi connectivity index (χ1n) is 4.40. The molecule has 0 bridgehead atoms. The topological polar surface area (TPSA) is 0 Å². The van der Waals surface area contributed by atoms with Crippen LogP contribution in [0.2, 0.25) is 0 Å². The van der Waals surface area contributed by atoms with Crippen LogP contribution >= 0.6 is 0 Å². The van der Waals surface area contributed by atoms with Gasteiger partial charge in [-0.3, -0.25) is 0 Å². The summed E-state index contributed by atoms with van der Waals surface area (Å²) < 4.78 is 0. The SMILES string of the molecule is C=C(C)CC(C)C(=C)CCC. The molecule has 0 nitrogen and oxygen atoms in total. The minimum absolute atomic E-state index is 0.618. The Morgan fingerprint density at radius 3 is 2.27 bits per heavy atom. The molecule has 0 saturated carbocycles. The van der Waals surface area contributed by atoms with E-state index in [1.165, 1.54) is 17.6 Å². The third-order valence-electron chi connectivity index (χ3n) is 1.92. The van der Waals surface area contributed by atoms with E-state index in [4.69, 9.17) is 0 Å². The summed E-state index contributed by atoms with van der Waals surface area (Å²) in [4.78, 5) is 0. The fourth-order valence-electron chi connectivity index (χ4n) is 1.23. The van der Waals surface area contributed by atoms with Gasteiger partial charge in [0, 0.05) is 0 Å². The van der Waals surface area contributed by atoms with Crippen LogP contribution in [0, 0.1) is 5.92 Å². The first-order valence-corrected chi connectivity index (χ1v) is 4.40. The third kappa shape index (κ3) is 4.83. The molecule has 1 atom stereocenters. The van der Waals surface area contributed by atoms with Crippen LogP contribution in [0.1, 0.15) is 40.0 Å². The second kappa shape index (κ2) is 5.17. The molecule has 0 aromatic carbocycles. The third-order valence-corrected chi connectivity index (χ3v) is 1.92. The Kier molecular flexibility index (Phi) is 4.93. The van der Waals surface area contributed by atoms with Gasteiger partial charge in [0.25, 0.3) is 0 Å². The van der Waals surface area contributed by atoms with Crippen molar-refractivity contribution in [1.82, 2.24) is 0 Å². The maximum Gasteiger partial charge on any atom is -0.0197 e. The van der Waals surface area contributed by atoms with Crippen LogP contribution in [0.4, 0.5) is 0 Å². The minimum Gasteiger partial charge on any atom is -0.100 e. The van der Waals surface area contributed by atoms with Crippen molar-refractivity contribution in [3.63, 3.8) is 0 Å². The standard InChI is InChI=1S/C11H20/c1-6-7-10(4)11(5)8-9(2)3/h11H,2,4,6-8H2,1,3,5H3. The van der Waals surface area contributed by atoms with Gasteiger partial charge in [-0.1, -0.05) is 38.0 Å². The number of allylic oxidation sites excluding steroid dienone is 2. The van der Waals surface area contributed by atoms with E-state index in [1.807, 2.05) is 0 Å². The van der Waals surface area contributed by atoms with Crippen molar-refractivity contribution in [2.45, 2.75) is 40.0 Å². The maximum atomic E-state index is 4.06. The highest BCUT2D eigenvalue weighted by Gasteiger charge is 2.04. The van der Waals surface area contributed by atoms with Crippen LogP contribution in [0.3, 0.4) is 0 Å². The van der Waals surface area contributed by atoms with Crippen molar-refractivity contribution in [2.75, 3.05) is 0 Å². The molecule has 0 heteroatoms. The first-order chi connectivity index (χ1) is 5.07. The molecule has 0 aromatic rings. The smallest absolute Gasteiger partial charge is 0.0197 e. The molecule has 0 aliphatic carbocycles. The van der Waals surface area contributed by atoms with Gasteiger partial charge in [0.1, 0.15) is 0 Å². The second-order valence-electron chi connectivity index (χ2n) is 3.47. The zero-order valence-corrected chi connectivity index (χ0v) is 8.11. The van der Waals surface area contributed by atoms with Gasteiger partial charge in [0.15, 0.2) is 0 Å². The van der Waals surface area contributed by atoms with Gasteiger partial charge >= 0.3 is 0 Å². The summed E-state index contributed by atoms with van der Waals surface area (Å²) in [7, 11) is 0. The summed E-state index contributed by atoms with van der Waals surface area (Å²) in [6, 6.07) is 0. The van der Waals surface area contributed by atoms with Crippen LogP contribution < -0.4 is 0 Å². The van der Waals surface area contributed by atoms with Crippen molar-refractivity contribution in [1.29, 1.82) is 0 Å². The van der Waals surface area contributed by atoms with E-state index >= 15 is 0 Å². The molecule has 0 rings (SSSR count). The molecule has 0 fully saturated rings. The molecule has 1 unspecified atom stereocenters. The minimum atomic E-state index is 0.618. The van der Waals surface area contributed by atoms with Crippen LogP contribution in [-0.2, 0) is 0 Å². The summed E-state index contributed by atoms with van der Waals surface area (Å²) >= 11 is 0. The van der Waals surface area contributed by atoms with Gasteiger partial charge in [-0.25, -0.2) is 0 Å². The molecule has 0 aromatic heterocycles. The molecular formula is C11H20. The van der Waals surface area contributed by atoms with Gasteiger partial charge < -0.3 is 0 Å². The zero-order valence-electron chi connectivity index (χ0n) is 8.11. The van der Waals surface area contributed by atoms with E-state index in [2.05, 4.69) is 33.9 Å². The van der Waals surface area contributed by atoms with Crippen molar-refractivity contribution in [2.24, 2.45) is 5.92 Å². The van der Waals surface area contributed by atoms with Gasteiger partial charge in [-0.15, -0.1) is 6.58 Å². The van der Waals surface area contributed by atoms with Crippen LogP contribution in [0.15, 0.2) is 24.3 Å². The van der Waals surface area contributed by atoms with Crippen LogP contribution in [-0.4, -0.2) is 0 Å². The van der Waals surface area contributed by atoms with Crippen molar-refractivity contribution in [3.05, 3.63) is 24.3 Å². The van der Waals surface area contributed by atoms with E-state index in [0.29, 0.717) is 5.92 Å². The summed E-state index contributed by atoms with van der Waals surface area (Å²) in [5, 5.41) is 0. The van der Waals surface area contributed by atoms with Gasteiger partial charge in [0.05, 0.1) is 0 Å². The molecule has 0 aliphatic heterocycles. The van der Waals surface area contributed by atoms with E-state index < -0.39 is 0 Å². The van der Waals surface area contributed by atoms with E-state index in [0.717, 1.165) is 12.8 Å². The molecule has 0 heterocycles. The first kappa shape index (κ1) is 10.5. The summed E-state index contributed by atoms with van der Waals surface area (Å²) in [6.45, 7) is 14.5. The quantitative estimate of drug-likeness (QED) is 0.523. The number of hydrogen-bond acceptors (Lipinski definition) is 0. The Balaban J connectivity index is 3.73. The molecular weight excluding hydrogens is 132 g/mol. The maximum absolute atomic E-state index is 4.06. The van der Waals surface area contributed by atoms with Crippen LogP contribution in [0.5, 0.6) is 0 Å². The Labute approximate surface area is 71.0 Å². The highest BCUT2D eigenvalue weighted by molar-refractivity contribution is 5.04. The lowest BCUT2D eigenvalue weighted by Crippen LogP contribution is -1.98. The summed E-state index contributed by atoms with van der Waals surface area (Å²) in [6.07, 6.45) is 3.46. The van der Waals surface area contributed by atoms with Gasteiger partial charge in [-0.2, -0.15) is 0 Å². The highest BCUT2D eigenvalue weighted by Crippen LogP contribution is 2.20. The molecule has 0 spiro atoms. The average molecular weight is 152 g/mol. The average Bonchev–Trinajstić information content (AvgIpc) is 1.86. The predicted molar refractivity (Wildman–Crippen MR) is 52.6 cm³/mol. The second-order valence-corrected chi connectivity index (χ2v) is 3.47. The highest BCUT2D eigenvalue weighted by atomic mass is 14.1. The molecule has 0 aliphatic rings. The Morgan fingerprint density at radius 1 is 1.36 bits per heavy atom. The van der Waals surface area contributed by atoms with Gasteiger partial charge in [-0.05, 0) is 25.7 Å². The molecule has 11 heavy (non-hydrogen) atoms. The molecule has 0 N–H and O–H groups in total. The largest absolute Gasteiger partial charge is 0.100 e. The normalized spacial score (nSPS) is 12.6. The van der Waals surface area contributed by atoms with Crippen molar-refractivity contribution in [3.8, 4) is 0 Å². The molecule has 0 saturated heterocycles. The van der Waals surface area contributed by atoms with Crippen molar-refractivity contribution < 1.29 is 0 Å². The molecule has 0 amide bonds. The van der Waals surface area contributed by atoms with Crippen molar-refractivity contribution >= 4 is 0 Å². The van der Waals surface area contributed by atoms with E-state index in [-0.39, 0.29) is 0 Å².